The number of carbonyl (C=O) groups excluding carboxylic acids is 1. The molecule has 0 aliphatic heterocycles. The van der Waals surface area contributed by atoms with E-state index in [0.717, 1.165) is 10.2 Å². The smallest absolute Gasteiger partial charge is 0.255 e. The number of amides is 1. The number of ether oxygens (including phenoxy) is 1. The van der Waals surface area contributed by atoms with E-state index in [2.05, 4.69) is 26.2 Å². The van der Waals surface area contributed by atoms with Crippen LogP contribution >= 0.6 is 27.5 Å². The summed E-state index contributed by atoms with van der Waals surface area (Å²) in [5, 5.41) is 2.96. The minimum absolute atomic E-state index is 0.243. The first-order chi connectivity index (χ1) is 9.60. The highest BCUT2D eigenvalue weighted by Crippen LogP contribution is 2.23. The lowest BCUT2D eigenvalue weighted by atomic mass is 10.2. The zero-order valence-electron chi connectivity index (χ0n) is 10.7. The van der Waals surface area contributed by atoms with E-state index in [9.17, 15) is 4.79 Å². The van der Waals surface area contributed by atoms with Crippen molar-refractivity contribution in [2.45, 2.75) is 6.92 Å². The van der Waals surface area contributed by atoms with Crippen molar-refractivity contribution in [1.29, 1.82) is 0 Å². The summed E-state index contributed by atoms with van der Waals surface area (Å²) in [4.78, 5) is 16.0. The third-order valence-corrected chi connectivity index (χ3v) is 3.22. The van der Waals surface area contributed by atoms with E-state index in [1.165, 1.54) is 0 Å². The van der Waals surface area contributed by atoms with E-state index in [-0.39, 0.29) is 11.1 Å². The third kappa shape index (κ3) is 3.71. The molecule has 0 saturated heterocycles. The lowest BCUT2D eigenvalue weighted by Crippen LogP contribution is -2.12. The van der Waals surface area contributed by atoms with Crippen LogP contribution in [0.15, 0.2) is 41.0 Å². The molecule has 104 valence electrons. The van der Waals surface area contributed by atoms with Gasteiger partial charge in [0.05, 0.1) is 12.3 Å². The molecule has 4 nitrogen and oxygen atoms in total. The number of aromatic nitrogens is 1. The Balaban J connectivity index is 2.13. The molecule has 2 aromatic rings. The number of nitrogens with one attached hydrogen (secondary N) is 1. The fraction of sp³-hybridized carbons (Fsp3) is 0.143. The predicted octanol–water partition coefficient (Wildman–Crippen LogP) is 4.15. The van der Waals surface area contributed by atoms with E-state index in [1.807, 2.05) is 6.92 Å². The monoisotopic (exact) mass is 354 g/mol. The van der Waals surface area contributed by atoms with Gasteiger partial charge in [-0.15, -0.1) is 0 Å². The van der Waals surface area contributed by atoms with Crippen LogP contribution in [0.5, 0.6) is 5.75 Å². The van der Waals surface area contributed by atoms with Crippen molar-refractivity contribution in [2.24, 2.45) is 0 Å². The van der Waals surface area contributed by atoms with E-state index in [4.69, 9.17) is 16.3 Å². The lowest BCUT2D eigenvalue weighted by Gasteiger charge is -2.08. The van der Waals surface area contributed by atoms with Gasteiger partial charge >= 0.3 is 0 Å². The van der Waals surface area contributed by atoms with E-state index in [1.54, 1.807) is 36.5 Å². The molecule has 1 amide bonds. The van der Waals surface area contributed by atoms with Gasteiger partial charge in [0, 0.05) is 16.2 Å². The summed E-state index contributed by atoms with van der Waals surface area (Å²) in [6, 6.07) is 8.58. The molecule has 0 atom stereocenters. The maximum atomic E-state index is 12.1. The molecule has 1 N–H and O–H groups in total. The molecule has 0 bridgehead atoms. The summed E-state index contributed by atoms with van der Waals surface area (Å²) in [6.45, 7) is 2.49. The maximum Gasteiger partial charge on any atom is 0.255 e. The lowest BCUT2D eigenvalue weighted by molar-refractivity contribution is 0.102. The zero-order chi connectivity index (χ0) is 14.5. The van der Waals surface area contributed by atoms with Crippen molar-refractivity contribution in [1.82, 2.24) is 4.98 Å². The SMILES string of the molecule is CCOc1ccc(C(=O)Nc2cc(Br)cnc2Cl)cc1. The highest BCUT2D eigenvalue weighted by Gasteiger charge is 2.09. The first-order valence-corrected chi connectivity index (χ1v) is 7.12. The Morgan fingerprint density at radius 2 is 2.10 bits per heavy atom. The summed E-state index contributed by atoms with van der Waals surface area (Å²) in [6.07, 6.45) is 1.56. The molecule has 1 aromatic carbocycles. The normalized spacial score (nSPS) is 10.2. The van der Waals surface area contributed by atoms with Crippen LogP contribution in [0.1, 0.15) is 17.3 Å². The molecule has 0 spiro atoms. The molecular weight excluding hydrogens is 344 g/mol. The average molecular weight is 356 g/mol. The number of pyridine rings is 1. The molecule has 20 heavy (non-hydrogen) atoms. The van der Waals surface area contributed by atoms with E-state index < -0.39 is 0 Å². The van der Waals surface area contributed by atoms with Gasteiger partial charge in [0.1, 0.15) is 5.75 Å². The molecule has 0 aliphatic carbocycles. The van der Waals surface area contributed by atoms with Gasteiger partial charge in [-0.25, -0.2) is 4.98 Å². The Kier molecular flexibility index (Phi) is 4.98. The zero-order valence-corrected chi connectivity index (χ0v) is 13.0. The minimum Gasteiger partial charge on any atom is -0.494 e. The van der Waals surface area contributed by atoms with Gasteiger partial charge in [0.25, 0.3) is 5.91 Å². The molecule has 6 heteroatoms. The number of nitrogens with zero attached hydrogens (tertiary/aromatic N) is 1. The van der Waals surface area contributed by atoms with Gasteiger partial charge in [-0.2, -0.15) is 0 Å². The predicted molar refractivity (Wildman–Crippen MR) is 82.5 cm³/mol. The maximum absolute atomic E-state index is 12.1. The summed E-state index contributed by atoms with van der Waals surface area (Å²) in [7, 11) is 0. The molecule has 1 heterocycles. The second kappa shape index (κ2) is 6.72. The van der Waals surface area contributed by atoms with Crippen LogP contribution in [-0.4, -0.2) is 17.5 Å². The molecule has 0 saturated carbocycles. The van der Waals surface area contributed by atoms with Crippen LogP contribution in [0.3, 0.4) is 0 Å². The van der Waals surface area contributed by atoms with E-state index in [0.29, 0.717) is 17.9 Å². The summed E-state index contributed by atoms with van der Waals surface area (Å²) < 4.78 is 6.06. The molecule has 0 fully saturated rings. The standard InChI is InChI=1S/C14H12BrClN2O2/c1-2-20-11-5-3-9(4-6-11)14(19)18-12-7-10(15)8-17-13(12)16/h3-8H,2H2,1H3,(H,18,19). The van der Waals surface area contributed by atoms with Gasteiger partial charge in [0.15, 0.2) is 5.15 Å². The number of hydrogen-bond acceptors (Lipinski definition) is 3. The minimum atomic E-state index is -0.255. The van der Waals surface area contributed by atoms with Crippen LogP contribution in [0, 0.1) is 0 Å². The molecule has 0 unspecified atom stereocenters. The molecule has 2 rings (SSSR count). The van der Waals surface area contributed by atoms with Crippen molar-refractivity contribution in [3.63, 3.8) is 0 Å². The number of hydrogen-bond donors (Lipinski definition) is 1. The quantitative estimate of drug-likeness (QED) is 0.838. The summed E-state index contributed by atoms with van der Waals surface area (Å²) in [5.74, 6) is 0.473. The Bertz CT molecular complexity index is 617. The fourth-order valence-corrected chi connectivity index (χ4v) is 2.06. The van der Waals surface area contributed by atoms with Gasteiger partial charge in [-0.05, 0) is 53.2 Å². The number of halogens is 2. The van der Waals surface area contributed by atoms with Crippen LogP contribution < -0.4 is 10.1 Å². The van der Waals surface area contributed by atoms with Gasteiger partial charge in [-0.1, -0.05) is 11.6 Å². The van der Waals surface area contributed by atoms with Crippen LogP contribution in [0.4, 0.5) is 5.69 Å². The largest absolute Gasteiger partial charge is 0.494 e. The fourth-order valence-electron chi connectivity index (χ4n) is 1.57. The van der Waals surface area contributed by atoms with Crippen LogP contribution in [0.25, 0.3) is 0 Å². The van der Waals surface area contributed by atoms with Gasteiger partial charge < -0.3 is 10.1 Å². The number of rotatable bonds is 4. The van der Waals surface area contributed by atoms with Crippen LogP contribution in [-0.2, 0) is 0 Å². The Morgan fingerprint density at radius 1 is 1.40 bits per heavy atom. The van der Waals surface area contributed by atoms with Crippen LogP contribution in [0.2, 0.25) is 5.15 Å². The number of benzene rings is 1. The van der Waals surface area contributed by atoms with Crippen molar-refractivity contribution >= 4 is 39.1 Å². The topological polar surface area (TPSA) is 51.2 Å². The highest BCUT2D eigenvalue weighted by atomic mass is 79.9. The van der Waals surface area contributed by atoms with Crippen molar-refractivity contribution in [3.8, 4) is 5.75 Å². The number of anilines is 1. The third-order valence-electron chi connectivity index (χ3n) is 2.48. The van der Waals surface area contributed by atoms with Crippen molar-refractivity contribution in [3.05, 3.63) is 51.7 Å². The summed E-state index contributed by atoms with van der Waals surface area (Å²) >= 11 is 9.21. The van der Waals surface area contributed by atoms with Gasteiger partial charge in [-0.3, -0.25) is 4.79 Å². The second-order valence-electron chi connectivity index (χ2n) is 3.90. The Labute approximate surface area is 130 Å². The van der Waals surface area contributed by atoms with Crippen molar-refractivity contribution < 1.29 is 9.53 Å². The summed E-state index contributed by atoms with van der Waals surface area (Å²) in [5.41, 5.74) is 0.976. The second-order valence-corrected chi connectivity index (χ2v) is 5.18. The van der Waals surface area contributed by atoms with E-state index >= 15 is 0 Å². The molecule has 0 aliphatic rings. The Hall–Kier alpha value is -1.59. The highest BCUT2D eigenvalue weighted by molar-refractivity contribution is 9.10. The Morgan fingerprint density at radius 3 is 2.75 bits per heavy atom. The van der Waals surface area contributed by atoms with Crippen molar-refractivity contribution in [2.75, 3.05) is 11.9 Å². The molecule has 0 radical (unpaired) electrons. The average Bonchev–Trinajstić information content (AvgIpc) is 2.44. The van der Waals surface area contributed by atoms with Gasteiger partial charge in [0.2, 0.25) is 0 Å². The first-order valence-electron chi connectivity index (χ1n) is 5.95. The molecular formula is C14H12BrClN2O2. The number of carbonyl (C=O) groups is 1. The molecule has 1 aromatic heterocycles. The first kappa shape index (κ1) is 14.8.